The van der Waals surface area contributed by atoms with Gasteiger partial charge in [-0.3, -0.25) is 4.79 Å². The Morgan fingerprint density at radius 1 is 1.37 bits per heavy atom. The first kappa shape index (κ1) is 12.3. The van der Waals surface area contributed by atoms with E-state index in [-0.39, 0.29) is 12.5 Å². The number of rotatable bonds is 1. The lowest BCUT2D eigenvalue weighted by Crippen LogP contribution is -2.55. The number of nitrogens with zero attached hydrogens (tertiary/aromatic N) is 1. The number of hydrogen-bond acceptors (Lipinski definition) is 4. The third kappa shape index (κ3) is 2.51. The van der Waals surface area contributed by atoms with Crippen LogP contribution >= 0.6 is 0 Å². The van der Waals surface area contributed by atoms with Crippen molar-refractivity contribution >= 4 is 5.91 Å². The molecule has 2 aliphatic rings. The van der Waals surface area contributed by atoms with E-state index in [1.807, 2.05) is 29.2 Å². The van der Waals surface area contributed by atoms with Crippen molar-refractivity contribution in [2.24, 2.45) is 0 Å². The Morgan fingerprint density at radius 2 is 2.16 bits per heavy atom. The zero-order valence-electron chi connectivity index (χ0n) is 11.0. The van der Waals surface area contributed by atoms with Gasteiger partial charge in [0.05, 0.1) is 0 Å². The van der Waals surface area contributed by atoms with Gasteiger partial charge in [-0.1, -0.05) is 12.1 Å². The van der Waals surface area contributed by atoms with E-state index in [0.29, 0.717) is 17.5 Å². The number of carbonyl (C=O) groups is 1. The Balaban J connectivity index is 1.69. The van der Waals surface area contributed by atoms with Crippen LogP contribution in [0.2, 0.25) is 0 Å². The van der Waals surface area contributed by atoms with Crippen LogP contribution in [0.15, 0.2) is 24.3 Å². The zero-order valence-corrected chi connectivity index (χ0v) is 11.0. The summed E-state index contributed by atoms with van der Waals surface area (Å²) in [6.07, 6.45) is -0.528. The molecule has 3 rings (SSSR count). The average Bonchev–Trinajstić information content (AvgIpc) is 2.46. The number of carbonyl (C=O) groups excluding carboxylic acids is 1. The maximum absolute atomic E-state index is 12.4. The van der Waals surface area contributed by atoms with Crippen LogP contribution in [0.4, 0.5) is 0 Å². The molecule has 19 heavy (non-hydrogen) atoms. The van der Waals surface area contributed by atoms with Crippen molar-refractivity contribution < 1.29 is 14.3 Å². The summed E-state index contributed by atoms with van der Waals surface area (Å²) in [7, 11) is 0. The van der Waals surface area contributed by atoms with Crippen LogP contribution in [-0.4, -0.2) is 49.2 Å². The van der Waals surface area contributed by atoms with Gasteiger partial charge < -0.3 is 19.7 Å². The van der Waals surface area contributed by atoms with Crippen molar-refractivity contribution in [2.75, 3.05) is 26.2 Å². The first-order valence-electron chi connectivity index (χ1n) is 6.64. The highest BCUT2D eigenvalue weighted by atomic mass is 16.6. The number of hydrogen-bond donors (Lipinski definition) is 1. The van der Waals surface area contributed by atoms with Crippen molar-refractivity contribution in [2.45, 2.75) is 19.1 Å². The highest BCUT2D eigenvalue weighted by Gasteiger charge is 2.32. The largest absolute Gasteiger partial charge is 0.485 e. The molecule has 1 aromatic rings. The molecule has 1 saturated heterocycles. The number of nitrogens with one attached hydrogen (secondary N) is 1. The normalized spacial score (nSPS) is 26.1. The van der Waals surface area contributed by atoms with E-state index in [1.54, 1.807) is 0 Å². The summed E-state index contributed by atoms with van der Waals surface area (Å²) in [5, 5.41) is 3.32. The molecule has 0 aliphatic carbocycles. The average molecular weight is 262 g/mol. The van der Waals surface area contributed by atoms with Crippen molar-refractivity contribution in [3.05, 3.63) is 24.3 Å². The van der Waals surface area contributed by atoms with Gasteiger partial charge >= 0.3 is 0 Å². The molecule has 0 bridgehead atoms. The number of benzene rings is 1. The van der Waals surface area contributed by atoms with Crippen molar-refractivity contribution in [3.8, 4) is 11.5 Å². The van der Waals surface area contributed by atoms with Gasteiger partial charge in [0, 0.05) is 25.7 Å². The van der Waals surface area contributed by atoms with Crippen LogP contribution < -0.4 is 14.8 Å². The molecule has 2 heterocycles. The van der Waals surface area contributed by atoms with Gasteiger partial charge in [-0.15, -0.1) is 0 Å². The standard InChI is InChI=1S/C14H18N2O3/c1-10-8-16(7-6-15-10)14(17)13-9-18-11-4-2-3-5-12(11)19-13/h2-5,10,13,15H,6-9H2,1H3/t10-,13?/m0/s1. The van der Waals surface area contributed by atoms with Crippen LogP contribution in [0.5, 0.6) is 11.5 Å². The second-order valence-corrected chi connectivity index (χ2v) is 5.00. The Morgan fingerprint density at radius 3 is 2.95 bits per heavy atom. The van der Waals surface area contributed by atoms with E-state index in [1.165, 1.54) is 0 Å². The summed E-state index contributed by atoms with van der Waals surface area (Å²) in [6, 6.07) is 7.78. The minimum Gasteiger partial charge on any atom is -0.485 e. The highest BCUT2D eigenvalue weighted by molar-refractivity contribution is 5.82. The summed E-state index contributed by atoms with van der Waals surface area (Å²) >= 11 is 0. The van der Waals surface area contributed by atoms with Crippen molar-refractivity contribution in [1.29, 1.82) is 0 Å². The fraction of sp³-hybridized carbons (Fsp3) is 0.500. The van der Waals surface area contributed by atoms with E-state index >= 15 is 0 Å². The van der Waals surface area contributed by atoms with Crippen LogP contribution in [0.1, 0.15) is 6.92 Å². The lowest BCUT2D eigenvalue weighted by atomic mass is 10.2. The van der Waals surface area contributed by atoms with Crippen LogP contribution in [0.25, 0.3) is 0 Å². The summed E-state index contributed by atoms with van der Waals surface area (Å²) in [6.45, 7) is 4.64. The summed E-state index contributed by atoms with van der Waals surface area (Å²) in [5.74, 6) is 1.37. The number of piperazine rings is 1. The molecule has 2 aliphatic heterocycles. The molecule has 1 fully saturated rings. The minimum atomic E-state index is -0.528. The second kappa shape index (κ2) is 5.09. The molecular formula is C14H18N2O3. The first-order valence-corrected chi connectivity index (χ1v) is 6.64. The Kier molecular flexibility index (Phi) is 3.29. The second-order valence-electron chi connectivity index (χ2n) is 5.00. The molecule has 1 aromatic carbocycles. The molecular weight excluding hydrogens is 244 g/mol. The molecule has 5 heteroatoms. The number of fused-ring (bicyclic) bond motifs is 1. The topological polar surface area (TPSA) is 50.8 Å². The Bertz CT molecular complexity index is 478. The van der Waals surface area contributed by atoms with E-state index in [2.05, 4.69) is 12.2 Å². The zero-order chi connectivity index (χ0) is 13.2. The number of amides is 1. The van der Waals surface area contributed by atoms with Gasteiger partial charge in [-0.25, -0.2) is 0 Å². The maximum atomic E-state index is 12.4. The number of para-hydroxylation sites is 2. The molecule has 1 amide bonds. The third-order valence-corrected chi connectivity index (χ3v) is 3.46. The molecule has 0 saturated carbocycles. The van der Waals surface area contributed by atoms with Gasteiger partial charge in [0.25, 0.3) is 5.91 Å². The van der Waals surface area contributed by atoms with Gasteiger partial charge in [-0.05, 0) is 19.1 Å². The molecule has 102 valence electrons. The molecule has 0 radical (unpaired) electrons. The summed E-state index contributed by atoms with van der Waals surface area (Å²) < 4.78 is 11.3. The SMILES string of the molecule is C[C@H]1CN(C(=O)C2COc3ccccc3O2)CCN1. The van der Waals surface area contributed by atoms with Gasteiger partial charge in [-0.2, -0.15) is 0 Å². The Hall–Kier alpha value is -1.75. The molecule has 2 atom stereocenters. The number of ether oxygens (including phenoxy) is 2. The van der Waals surface area contributed by atoms with Gasteiger partial charge in [0.1, 0.15) is 6.61 Å². The molecule has 0 spiro atoms. The lowest BCUT2D eigenvalue weighted by molar-refractivity contribution is -0.142. The van der Waals surface area contributed by atoms with Gasteiger partial charge in [0.15, 0.2) is 11.5 Å². The van der Waals surface area contributed by atoms with Crippen LogP contribution in [0, 0.1) is 0 Å². The minimum absolute atomic E-state index is 0.0165. The molecule has 1 unspecified atom stereocenters. The molecule has 1 N–H and O–H groups in total. The smallest absolute Gasteiger partial charge is 0.267 e. The van der Waals surface area contributed by atoms with E-state index in [9.17, 15) is 4.79 Å². The highest BCUT2D eigenvalue weighted by Crippen LogP contribution is 2.31. The first-order chi connectivity index (χ1) is 9.24. The quantitative estimate of drug-likeness (QED) is 0.807. The van der Waals surface area contributed by atoms with E-state index < -0.39 is 6.10 Å². The molecule has 0 aromatic heterocycles. The monoisotopic (exact) mass is 262 g/mol. The summed E-state index contributed by atoms with van der Waals surface area (Å²) in [4.78, 5) is 14.3. The lowest BCUT2D eigenvalue weighted by Gasteiger charge is -2.35. The fourth-order valence-electron chi connectivity index (χ4n) is 2.48. The van der Waals surface area contributed by atoms with Crippen molar-refractivity contribution in [3.63, 3.8) is 0 Å². The summed E-state index contributed by atoms with van der Waals surface area (Å²) in [5.41, 5.74) is 0. The van der Waals surface area contributed by atoms with E-state index in [4.69, 9.17) is 9.47 Å². The van der Waals surface area contributed by atoms with Crippen molar-refractivity contribution in [1.82, 2.24) is 10.2 Å². The Labute approximate surface area is 112 Å². The third-order valence-electron chi connectivity index (χ3n) is 3.46. The molecule has 5 nitrogen and oxygen atoms in total. The van der Waals surface area contributed by atoms with Crippen LogP contribution in [-0.2, 0) is 4.79 Å². The van der Waals surface area contributed by atoms with Crippen LogP contribution in [0.3, 0.4) is 0 Å². The fourth-order valence-corrected chi connectivity index (χ4v) is 2.48. The maximum Gasteiger partial charge on any atom is 0.267 e. The predicted molar refractivity (Wildman–Crippen MR) is 70.4 cm³/mol. The van der Waals surface area contributed by atoms with E-state index in [0.717, 1.165) is 19.6 Å². The predicted octanol–water partition coefficient (Wildman–Crippen LogP) is 0.647. The van der Waals surface area contributed by atoms with Gasteiger partial charge in [0.2, 0.25) is 6.10 Å².